The van der Waals surface area contributed by atoms with E-state index in [0.29, 0.717) is 16.5 Å². The minimum Gasteiger partial charge on any atom is -0.476 e. The number of carbonyl (C=O) groups excluding carboxylic acids is 2. The zero-order valence-electron chi connectivity index (χ0n) is 16.8. The molecule has 2 rings (SSSR count). The lowest BCUT2D eigenvalue weighted by molar-refractivity contribution is -0.161. The number of rotatable bonds is 6. The van der Waals surface area contributed by atoms with E-state index >= 15 is 0 Å². The molecule has 0 saturated heterocycles. The topological polar surface area (TPSA) is 64.6 Å². The predicted molar refractivity (Wildman–Crippen MR) is 111 cm³/mol. The Bertz CT molecular complexity index is 821. The van der Waals surface area contributed by atoms with E-state index in [4.69, 9.17) is 21.1 Å². The molecule has 0 spiro atoms. The Morgan fingerprint density at radius 3 is 2.04 bits per heavy atom. The van der Waals surface area contributed by atoms with Gasteiger partial charge in [-0.3, -0.25) is 4.79 Å². The molecule has 0 fully saturated rings. The maximum atomic E-state index is 12.3. The number of benzene rings is 2. The number of halogens is 1. The van der Waals surface area contributed by atoms with E-state index in [1.54, 1.807) is 38.1 Å². The van der Waals surface area contributed by atoms with Gasteiger partial charge in [0.1, 0.15) is 5.75 Å². The van der Waals surface area contributed by atoms with Crippen LogP contribution in [0.5, 0.6) is 5.75 Å². The molecule has 0 unspecified atom stereocenters. The monoisotopic (exact) mass is 403 g/mol. The quantitative estimate of drug-likeness (QED) is 0.691. The van der Waals surface area contributed by atoms with Gasteiger partial charge < -0.3 is 14.8 Å². The molecule has 1 amide bonds. The van der Waals surface area contributed by atoms with Crippen molar-refractivity contribution in [1.82, 2.24) is 0 Å². The maximum absolute atomic E-state index is 12.3. The van der Waals surface area contributed by atoms with Crippen molar-refractivity contribution in [3.05, 3.63) is 59.1 Å². The van der Waals surface area contributed by atoms with E-state index in [1.807, 2.05) is 24.3 Å². The van der Waals surface area contributed by atoms with Gasteiger partial charge in [0.15, 0.2) is 12.2 Å². The van der Waals surface area contributed by atoms with Crippen LogP contribution in [0.2, 0.25) is 5.02 Å². The van der Waals surface area contributed by atoms with Crippen LogP contribution >= 0.6 is 11.6 Å². The van der Waals surface area contributed by atoms with E-state index < -0.39 is 24.1 Å². The van der Waals surface area contributed by atoms with E-state index in [9.17, 15) is 9.59 Å². The van der Waals surface area contributed by atoms with Crippen molar-refractivity contribution in [2.75, 3.05) is 11.9 Å². The molecule has 0 aliphatic heterocycles. The number of nitrogens with one attached hydrogen (secondary N) is 1. The van der Waals surface area contributed by atoms with E-state index in [-0.39, 0.29) is 5.41 Å². The summed E-state index contributed by atoms with van der Waals surface area (Å²) in [5.74, 6) is -0.574. The largest absolute Gasteiger partial charge is 0.476 e. The van der Waals surface area contributed by atoms with Crippen LogP contribution in [0.25, 0.3) is 0 Å². The fourth-order valence-corrected chi connectivity index (χ4v) is 2.52. The molecule has 2 aromatic rings. The Kier molecular flexibility index (Phi) is 6.73. The number of ether oxygens (including phenoxy) is 2. The van der Waals surface area contributed by atoms with Crippen molar-refractivity contribution >= 4 is 29.2 Å². The molecule has 0 aliphatic carbocycles. The Hall–Kier alpha value is -2.53. The lowest BCUT2D eigenvalue weighted by Crippen LogP contribution is -2.41. The highest BCUT2D eigenvalue weighted by Crippen LogP contribution is 2.24. The molecule has 150 valence electrons. The van der Waals surface area contributed by atoms with Gasteiger partial charge in [-0.2, -0.15) is 0 Å². The smallest absolute Gasteiger partial charge is 0.350 e. The molecule has 0 aliphatic rings. The lowest BCUT2D eigenvalue weighted by Gasteiger charge is -2.24. The average molecular weight is 404 g/mol. The molecule has 0 heterocycles. The second-order valence-corrected chi connectivity index (χ2v) is 8.45. The highest BCUT2D eigenvalue weighted by Gasteiger charge is 2.32. The van der Waals surface area contributed by atoms with Crippen molar-refractivity contribution in [2.45, 2.75) is 45.6 Å². The van der Waals surface area contributed by atoms with Crippen molar-refractivity contribution in [3.63, 3.8) is 0 Å². The zero-order chi connectivity index (χ0) is 20.9. The summed E-state index contributed by atoms with van der Waals surface area (Å²) in [6.07, 6.45) is 0. The van der Waals surface area contributed by atoms with Gasteiger partial charge in [0.2, 0.25) is 0 Å². The zero-order valence-corrected chi connectivity index (χ0v) is 17.6. The third-order valence-electron chi connectivity index (χ3n) is 4.05. The molecule has 28 heavy (non-hydrogen) atoms. The first kappa shape index (κ1) is 21.8. The molecule has 0 radical (unpaired) electrons. The number of hydrogen-bond donors (Lipinski definition) is 1. The Morgan fingerprint density at radius 1 is 0.929 bits per heavy atom. The van der Waals surface area contributed by atoms with Crippen molar-refractivity contribution in [3.8, 4) is 5.75 Å². The van der Waals surface area contributed by atoms with E-state index in [0.717, 1.165) is 5.56 Å². The Balaban J connectivity index is 1.87. The summed E-state index contributed by atoms with van der Waals surface area (Å²) < 4.78 is 10.8. The van der Waals surface area contributed by atoms with E-state index in [1.165, 1.54) is 0 Å². The molecule has 0 atom stereocenters. The van der Waals surface area contributed by atoms with Gasteiger partial charge >= 0.3 is 5.97 Å². The third kappa shape index (κ3) is 6.27. The van der Waals surface area contributed by atoms with Gasteiger partial charge in [-0.15, -0.1) is 0 Å². The minimum absolute atomic E-state index is 0.0355. The van der Waals surface area contributed by atoms with Gasteiger partial charge in [-0.1, -0.05) is 44.5 Å². The standard InChI is InChI=1S/C22H26ClNO4/c1-21(2,3)15-6-10-17(11-7-15)24-19(25)14-27-20(26)22(4,5)28-18-12-8-16(23)9-13-18/h6-13H,14H2,1-5H3,(H,24,25). The van der Waals surface area contributed by atoms with Crippen molar-refractivity contribution in [2.24, 2.45) is 0 Å². The van der Waals surface area contributed by atoms with Gasteiger partial charge in [0.05, 0.1) is 0 Å². The summed E-state index contributed by atoms with van der Waals surface area (Å²) in [7, 11) is 0. The van der Waals surface area contributed by atoms with E-state index in [2.05, 4.69) is 26.1 Å². The molecule has 6 heteroatoms. The van der Waals surface area contributed by atoms with Crippen LogP contribution in [0.3, 0.4) is 0 Å². The summed E-state index contributed by atoms with van der Waals surface area (Å²) in [4.78, 5) is 24.4. The molecule has 0 saturated carbocycles. The molecule has 0 bridgehead atoms. The fraction of sp³-hybridized carbons (Fsp3) is 0.364. The Labute approximate surface area is 171 Å². The number of hydrogen-bond acceptors (Lipinski definition) is 4. The minimum atomic E-state index is -1.25. The van der Waals surface area contributed by atoms with Crippen LogP contribution in [-0.4, -0.2) is 24.1 Å². The van der Waals surface area contributed by atoms with Gasteiger partial charge in [0, 0.05) is 10.7 Å². The lowest BCUT2D eigenvalue weighted by atomic mass is 9.87. The van der Waals surface area contributed by atoms with Crippen LogP contribution in [0, 0.1) is 0 Å². The highest BCUT2D eigenvalue weighted by atomic mass is 35.5. The summed E-state index contributed by atoms with van der Waals surface area (Å²) in [6.45, 7) is 9.11. The molecular formula is C22H26ClNO4. The van der Waals surface area contributed by atoms with Gasteiger partial charge in [-0.05, 0) is 61.2 Å². The number of anilines is 1. The normalized spacial score (nSPS) is 11.6. The van der Waals surface area contributed by atoms with Crippen molar-refractivity contribution in [1.29, 1.82) is 0 Å². The van der Waals surface area contributed by atoms with Crippen molar-refractivity contribution < 1.29 is 19.1 Å². The van der Waals surface area contributed by atoms with Crippen LogP contribution in [0.4, 0.5) is 5.69 Å². The second-order valence-electron chi connectivity index (χ2n) is 8.02. The van der Waals surface area contributed by atoms with Gasteiger partial charge in [0.25, 0.3) is 5.91 Å². The van der Waals surface area contributed by atoms with Crippen LogP contribution in [0.15, 0.2) is 48.5 Å². The highest BCUT2D eigenvalue weighted by molar-refractivity contribution is 6.30. The third-order valence-corrected chi connectivity index (χ3v) is 4.30. The SMILES string of the molecule is CC(C)(Oc1ccc(Cl)cc1)C(=O)OCC(=O)Nc1ccc(C(C)(C)C)cc1. The van der Waals surface area contributed by atoms with Crippen LogP contribution < -0.4 is 10.1 Å². The average Bonchev–Trinajstić information content (AvgIpc) is 2.61. The molecule has 5 nitrogen and oxygen atoms in total. The Morgan fingerprint density at radius 2 is 1.50 bits per heavy atom. The van der Waals surface area contributed by atoms with Crippen LogP contribution in [-0.2, 0) is 19.7 Å². The molecular weight excluding hydrogens is 378 g/mol. The fourth-order valence-electron chi connectivity index (χ4n) is 2.39. The molecule has 2 aromatic carbocycles. The predicted octanol–water partition coefficient (Wildman–Crippen LogP) is 4.98. The van der Waals surface area contributed by atoms with Gasteiger partial charge in [-0.25, -0.2) is 4.79 Å². The van der Waals surface area contributed by atoms with Crippen LogP contribution in [0.1, 0.15) is 40.2 Å². The summed E-state index contributed by atoms with van der Waals surface area (Å²) in [5.41, 5.74) is 0.597. The molecule has 0 aromatic heterocycles. The first-order chi connectivity index (χ1) is 13.0. The summed E-state index contributed by atoms with van der Waals surface area (Å²) in [6, 6.07) is 14.2. The summed E-state index contributed by atoms with van der Waals surface area (Å²) in [5, 5.41) is 3.28. The number of amides is 1. The number of esters is 1. The summed E-state index contributed by atoms with van der Waals surface area (Å²) >= 11 is 5.84. The second kappa shape index (κ2) is 8.65. The maximum Gasteiger partial charge on any atom is 0.350 e. The molecule has 1 N–H and O–H groups in total. The number of carbonyl (C=O) groups is 2. The first-order valence-electron chi connectivity index (χ1n) is 8.99. The first-order valence-corrected chi connectivity index (χ1v) is 9.37.